The van der Waals surface area contributed by atoms with E-state index >= 15 is 0 Å². The normalized spacial score (nSPS) is 9.81. The van der Waals surface area contributed by atoms with Crippen LogP contribution in [-0.4, -0.2) is 18.9 Å². The zero-order valence-electron chi connectivity index (χ0n) is 8.59. The number of halogens is 2. The van der Waals surface area contributed by atoms with Crippen LogP contribution < -0.4 is 5.32 Å². The molecular weight excluding hydrogens is 212 g/mol. The Hall–Kier alpha value is -1.73. The molecule has 0 atom stereocenters. The van der Waals surface area contributed by atoms with Crippen LogP contribution in [0.4, 0.5) is 8.78 Å². The molecule has 0 spiro atoms. The van der Waals surface area contributed by atoms with Crippen molar-refractivity contribution in [3.05, 3.63) is 35.4 Å². The lowest BCUT2D eigenvalue weighted by molar-refractivity contribution is -0.117. The van der Waals surface area contributed by atoms with Gasteiger partial charge in [0.05, 0.1) is 13.1 Å². The molecule has 1 aromatic carbocycles. The number of ketones is 1. The van der Waals surface area contributed by atoms with E-state index in [-0.39, 0.29) is 30.9 Å². The molecule has 84 valence electrons. The minimum absolute atomic E-state index is 0.0557. The van der Waals surface area contributed by atoms with E-state index in [2.05, 4.69) is 11.2 Å². The number of carbonyl (C=O) groups is 1. The molecule has 0 saturated heterocycles. The van der Waals surface area contributed by atoms with Crippen molar-refractivity contribution in [2.75, 3.05) is 13.1 Å². The second-order valence-corrected chi connectivity index (χ2v) is 3.24. The summed E-state index contributed by atoms with van der Waals surface area (Å²) in [6, 6.07) is 3.77. The van der Waals surface area contributed by atoms with Crippen LogP contribution in [0.25, 0.3) is 0 Å². The van der Waals surface area contributed by atoms with Gasteiger partial charge in [-0.05, 0) is 11.6 Å². The highest BCUT2D eigenvalue weighted by atomic mass is 19.2. The lowest BCUT2D eigenvalue weighted by Gasteiger charge is -2.03. The Labute approximate surface area is 92.7 Å². The first kappa shape index (κ1) is 12.3. The van der Waals surface area contributed by atoms with Crippen LogP contribution in [0.5, 0.6) is 0 Å². The fraction of sp³-hybridized carbons (Fsp3) is 0.250. The Morgan fingerprint density at radius 2 is 2.19 bits per heavy atom. The molecule has 0 bridgehead atoms. The zero-order chi connectivity index (χ0) is 12.0. The zero-order valence-corrected chi connectivity index (χ0v) is 8.59. The molecule has 1 aromatic rings. The molecule has 1 rings (SSSR count). The van der Waals surface area contributed by atoms with E-state index in [0.717, 1.165) is 6.07 Å². The van der Waals surface area contributed by atoms with E-state index in [1.165, 1.54) is 12.1 Å². The lowest BCUT2D eigenvalue weighted by atomic mass is 10.1. The van der Waals surface area contributed by atoms with Crippen LogP contribution in [0.2, 0.25) is 0 Å². The van der Waals surface area contributed by atoms with Crippen molar-refractivity contribution in [3.63, 3.8) is 0 Å². The third kappa shape index (κ3) is 3.44. The first-order valence-corrected chi connectivity index (χ1v) is 4.74. The van der Waals surface area contributed by atoms with Crippen LogP contribution in [-0.2, 0) is 11.2 Å². The predicted octanol–water partition coefficient (Wildman–Crippen LogP) is 1.30. The van der Waals surface area contributed by atoms with Crippen molar-refractivity contribution in [1.82, 2.24) is 5.32 Å². The van der Waals surface area contributed by atoms with E-state index in [0.29, 0.717) is 0 Å². The van der Waals surface area contributed by atoms with E-state index in [1.807, 2.05) is 0 Å². The van der Waals surface area contributed by atoms with E-state index in [1.54, 1.807) is 0 Å². The predicted molar refractivity (Wildman–Crippen MR) is 56.8 cm³/mol. The molecule has 1 N–H and O–H groups in total. The second-order valence-electron chi connectivity index (χ2n) is 3.24. The summed E-state index contributed by atoms with van der Waals surface area (Å²) < 4.78 is 26.0. The Balaban J connectivity index is 2.57. The molecule has 0 fully saturated rings. The van der Waals surface area contributed by atoms with E-state index in [4.69, 9.17) is 6.42 Å². The van der Waals surface area contributed by atoms with Gasteiger partial charge in [-0.25, -0.2) is 8.78 Å². The fourth-order valence-corrected chi connectivity index (χ4v) is 1.23. The SMILES string of the molecule is C#CCNCC(=O)Cc1cccc(F)c1F. The van der Waals surface area contributed by atoms with Gasteiger partial charge >= 0.3 is 0 Å². The van der Waals surface area contributed by atoms with Gasteiger partial charge in [0.2, 0.25) is 0 Å². The van der Waals surface area contributed by atoms with Crippen LogP contribution in [0, 0.1) is 24.0 Å². The highest BCUT2D eigenvalue weighted by Gasteiger charge is 2.10. The molecule has 0 unspecified atom stereocenters. The molecule has 0 amide bonds. The van der Waals surface area contributed by atoms with Gasteiger partial charge in [-0.1, -0.05) is 18.1 Å². The average Bonchev–Trinajstić information content (AvgIpc) is 2.25. The molecule has 4 heteroatoms. The minimum atomic E-state index is -0.965. The summed E-state index contributed by atoms with van der Waals surface area (Å²) >= 11 is 0. The maximum atomic E-state index is 13.2. The maximum Gasteiger partial charge on any atom is 0.162 e. The largest absolute Gasteiger partial charge is 0.299 e. The summed E-state index contributed by atoms with van der Waals surface area (Å²) in [7, 11) is 0. The van der Waals surface area contributed by atoms with Crippen molar-refractivity contribution in [2.45, 2.75) is 6.42 Å². The fourth-order valence-electron chi connectivity index (χ4n) is 1.23. The number of terminal acetylenes is 1. The molecule has 2 nitrogen and oxygen atoms in total. The molecule has 0 aliphatic heterocycles. The lowest BCUT2D eigenvalue weighted by Crippen LogP contribution is -2.24. The number of Topliss-reactive ketones (excluding diaryl/α,β-unsaturated/α-hetero) is 1. The van der Waals surface area contributed by atoms with Gasteiger partial charge in [0.1, 0.15) is 0 Å². The third-order valence-corrected chi connectivity index (χ3v) is 1.97. The first-order valence-electron chi connectivity index (χ1n) is 4.74. The summed E-state index contributed by atoms with van der Waals surface area (Å²) in [6.07, 6.45) is 4.84. The molecular formula is C12H11F2NO. The van der Waals surface area contributed by atoms with Crippen molar-refractivity contribution in [3.8, 4) is 12.3 Å². The van der Waals surface area contributed by atoms with Crippen molar-refractivity contribution < 1.29 is 13.6 Å². The average molecular weight is 223 g/mol. The highest BCUT2D eigenvalue weighted by molar-refractivity contribution is 5.82. The number of carbonyl (C=O) groups excluding carboxylic acids is 1. The van der Waals surface area contributed by atoms with Gasteiger partial charge in [-0.15, -0.1) is 6.42 Å². The van der Waals surface area contributed by atoms with Crippen LogP contribution >= 0.6 is 0 Å². The van der Waals surface area contributed by atoms with Crippen molar-refractivity contribution in [2.24, 2.45) is 0 Å². The monoisotopic (exact) mass is 223 g/mol. The molecule has 0 radical (unpaired) electrons. The number of hydrogen-bond acceptors (Lipinski definition) is 2. The van der Waals surface area contributed by atoms with Gasteiger partial charge in [0.15, 0.2) is 17.4 Å². The third-order valence-electron chi connectivity index (χ3n) is 1.97. The van der Waals surface area contributed by atoms with Crippen LogP contribution in [0.3, 0.4) is 0 Å². The Kier molecular flexibility index (Phi) is 4.62. The van der Waals surface area contributed by atoms with Gasteiger partial charge in [0.25, 0.3) is 0 Å². The minimum Gasteiger partial charge on any atom is -0.299 e. The molecule has 0 aromatic heterocycles. The van der Waals surface area contributed by atoms with Crippen molar-refractivity contribution >= 4 is 5.78 Å². The summed E-state index contributed by atoms with van der Waals surface area (Å²) in [5, 5.41) is 2.69. The van der Waals surface area contributed by atoms with E-state index in [9.17, 15) is 13.6 Å². The Morgan fingerprint density at radius 1 is 1.44 bits per heavy atom. The molecule has 0 aliphatic carbocycles. The van der Waals surface area contributed by atoms with E-state index < -0.39 is 11.6 Å². The van der Waals surface area contributed by atoms with Gasteiger partial charge in [-0.3, -0.25) is 10.1 Å². The number of benzene rings is 1. The van der Waals surface area contributed by atoms with Crippen molar-refractivity contribution in [1.29, 1.82) is 0 Å². The maximum absolute atomic E-state index is 13.2. The Morgan fingerprint density at radius 3 is 2.88 bits per heavy atom. The summed E-state index contributed by atoms with van der Waals surface area (Å²) in [5.74, 6) is 0.166. The van der Waals surface area contributed by atoms with Gasteiger partial charge in [-0.2, -0.15) is 0 Å². The number of rotatable bonds is 5. The highest BCUT2D eigenvalue weighted by Crippen LogP contribution is 2.11. The Bertz CT molecular complexity index is 424. The molecule has 0 aliphatic rings. The van der Waals surface area contributed by atoms with Gasteiger partial charge < -0.3 is 0 Å². The number of nitrogens with one attached hydrogen (secondary N) is 1. The van der Waals surface area contributed by atoms with Crippen LogP contribution in [0.15, 0.2) is 18.2 Å². The van der Waals surface area contributed by atoms with Gasteiger partial charge in [0, 0.05) is 6.42 Å². The summed E-state index contributed by atoms with van der Waals surface area (Å²) in [6.45, 7) is 0.331. The standard InChI is InChI=1S/C12H11F2NO/c1-2-6-15-8-10(16)7-9-4-3-5-11(13)12(9)14/h1,3-5,15H,6-8H2. The molecule has 0 heterocycles. The van der Waals surface area contributed by atoms with Crippen LogP contribution in [0.1, 0.15) is 5.56 Å². The quantitative estimate of drug-likeness (QED) is 0.602. The molecule has 16 heavy (non-hydrogen) atoms. The topological polar surface area (TPSA) is 29.1 Å². The second kappa shape index (κ2) is 5.99. The summed E-state index contributed by atoms with van der Waals surface area (Å²) in [5.41, 5.74) is 0.0625. The number of hydrogen-bond donors (Lipinski definition) is 1. The smallest absolute Gasteiger partial charge is 0.162 e. The molecule has 0 saturated carbocycles. The summed E-state index contributed by atoms with van der Waals surface area (Å²) in [4.78, 5) is 11.3. The first-order chi connectivity index (χ1) is 7.65.